The Bertz CT molecular complexity index is 426. The van der Waals surface area contributed by atoms with Gasteiger partial charge in [0, 0.05) is 24.6 Å². The molecular formula is C15H25BrN2OS. The highest BCUT2D eigenvalue weighted by Gasteiger charge is 2.33. The maximum absolute atomic E-state index is 6.42. The van der Waals surface area contributed by atoms with Crippen molar-refractivity contribution in [2.24, 2.45) is 11.7 Å². The van der Waals surface area contributed by atoms with E-state index >= 15 is 0 Å². The van der Waals surface area contributed by atoms with E-state index in [-0.39, 0.29) is 6.04 Å². The first kappa shape index (κ1) is 16.4. The third-order valence-electron chi connectivity index (χ3n) is 4.38. The minimum absolute atomic E-state index is 0.173. The highest BCUT2D eigenvalue weighted by atomic mass is 79.9. The highest BCUT2D eigenvalue weighted by molar-refractivity contribution is 9.11. The lowest BCUT2D eigenvalue weighted by Gasteiger charge is -2.42. The fourth-order valence-corrected chi connectivity index (χ4v) is 4.62. The summed E-state index contributed by atoms with van der Waals surface area (Å²) in [5.74, 6) is 0.629. The maximum Gasteiger partial charge on any atom is 0.0724 e. The van der Waals surface area contributed by atoms with Gasteiger partial charge in [0.1, 0.15) is 0 Å². The van der Waals surface area contributed by atoms with E-state index in [1.165, 1.54) is 15.1 Å². The molecule has 2 heterocycles. The monoisotopic (exact) mass is 360 g/mol. The first-order valence-electron chi connectivity index (χ1n) is 7.34. The zero-order valence-electron chi connectivity index (χ0n) is 12.5. The van der Waals surface area contributed by atoms with E-state index in [2.05, 4.69) is 46.8 Å². The number of thiophene rings is 1. The largest absolute Gasteiger partial charge is 0.380 e. The lowest BCUT2D eigenvalue weighted by atomic mass is 9.92. The van der Waals surface area contributed by atoms with Crippen LogP contribution in [-0.4, -0.2) is 37.2 Å². The molecule has 1 fully saturated rings. The van der Waals surface area contributed by atoms with Crippen LogP contribution in [0.25, 0.3) is 0 Å². The minimum atomic E-state index is 0.173. The van der Waals surface area contributed by atoms with Crippen molar-refractivity contribution in [2.45, 2.75) is 44.9 Å². The molecule has 1 saturated heterocycles. The van der Waals surface area contributed by atoms with Crippen molar-refractivity contribution in [1.82, 2.24) is 4.90 Å². The Morgan fingerprint density at radius 1 is 1.55 bits per heavy atom. The first-order chi connectivity index (χ1) is 9.56. The summed E-state index contributed by atoms with van der Waals surface area (Å²) in [6.45, 7) is 6.53. The fourth-order valence-electron chi connectivity index (χ4n) is 2.99. The average molecular weight is 361 g/mol. The van der Waals surface area contributed by atoms with Gasteiger partial charge in [-0.25, -0.2) is 0 Å². The molecule has 4 unspecified atom stereocenters. The number of nitrogens with two attached hydrogens (primary N) is 1. The molecule has 0 radical (unpaired) electrons. The van der Waals surface area contributed by atoms with Crippen molar-refractivity contribution < 1.29 is 4.74 Å². The van der Waals surface area contributed by atoms with Gasteiger partial charge in [-0.05, 0) is 53.4 Å². The van der Waals surface area contributed by atoms with Gasteiger partial charge in [-0.1, -0.05) is 13.8 Å². The fraction of sp³-hybridized carbons (Fsp3) is 0.733. The van der Waals surface area contributed by atoms with Gasteiger partial charge in [0.2, 0.25) is 0 Å². The summed E-state index contributed by atoms with van der Waals surface area (Å²) >= 11 is 5.36. The summed E-state index contributed by atoms with van der Waals surface area (Å²) in [5.41, 5.74) is 6.42. The minimum Gasteiger partial charge on any atom is -0.380 e. The Hall–Kier alpha value is 0.0600. The standard InChI is InChI=1S/C15H25BrN2OS/c1-4-11(17)15(13-5-6-14(16)20-13)18-8-7-10(2)12(9-18)19-3/h5-6,10-12,15H,4,7-9,17H2,1-3H3. The molecule has 0 amide bonds. The molecule has 1 aliphatic rings. The third-order valence-corrected chi connectivity index (χ3v) is 6.07. The smallest absolute Gasteiger partial charge is 0.0724 e. The number of methoxy groups -OCH3 is 1. The SMILES string of the molecule is CCC(N)C(c1ccc(Br)s1)N1CCC(C)C(OC)C1. The van der Waals surface area contributed by atoms with Crippen molar-refractivity contribution in [3.8, 4) is 0 Å². The second-order valence-electron chi connectivity index (χ2n) is 5.69. The van der Waals surface area contributed by atoms with E-state index in [0.29, 0.717) is 18.1 Å². The van der Waals surface area contributed by atoms with Gasteiger partial charge in [-0.3, -0.25) is 4.90 Å². The molecule has 1 aromatic heterocycles. The molecule has 0 aliphatic carbocycles. The Morgan fingerprint density at radius 2 is 2.30 bits per heavy atom. The quantitative estimate of drug-likeness (QED) is 0.870. The molecule has 2 rings (SSSR count). The summed E-state index contributed by atoms with van der Waals surface area (Å²) in [6, 6.07) is 4.80. The van der Waals surface area contributed by atoms with Crippen LogP contribution in [0.5, 0.6) is 0 Å². The van der Waals surface area contributed by atoms with Crippen molar-refractivity contribution in [3.05, 3.63) is 20.8 Å². The van der Waals surface area contributed by atoms with Crippen molar-refractivity contribution >= 4 is 27.3 Å². The third kappa shape index (κ3) is 3.63. The van der Waals surface area contributed by atoms with Crippen LogP contribution in [0, 0.1) is 5.92 Å². The van der Waals surface area contributed by atoms with Gasteiger partial charge in [-0.2, -0.15) is 0 Å². The molecule has 114 valence electrons. The second kappa shape index (κ2) is 7.36. The Morgan fingerprint density at radius 3 is 2.85 bits per heavy atom. The number of rotatable bonds is 5. The van der Waals surface area contributed by atoms with Crippen molar-refractivity contribution in [2.75, 3.05) is 20.2 Å². The molecule has 5 heteroatoms. The van der Waals surface area contributed by atoms with Gasteiger partial charge in [0.05, 0.1) is 15.9 Å². The lowest BCUT2D eigenvalue weighted by molar-refractivity contribution is -0.0228. The number of hydrogen-bond donors (Lipinski definition) is 1. The van der Waals surface area contributed by atoms with Crippen molar-refractivity contribution in [3.63, 3.8) is 0 Å². The summed E-state index contributed by atoms with van der Waals surface area (Å²) < 4.78 is 6.83. The van der Waals surface area contributed by atoms with Crippen LogP contribution < -0.4 is 5.73 Å². The molecule has 0 spiro atoms. The van der Waals surface area contributed by atoms with E-state index < -0.39 is 0 Å². The van der Waals surface area contributed by atoms with Crippen LogP contribution in [0.2, 0.25) is 0 Å². The molecule has 0 aromatic carbocycles. The number of piperidine rings is 1. The normalized spacial score (nSPS) is 27.4. The van der Waals surface area contributed by atoms with E-state index in [0.717, 1.165) is 19.5 Å². The van der Waals surface area contributed by atoms with Gasteiger partial charge in [-0.15, -0.1) is 11.3 Å². The zero-order chi connectivity index (χ0) is 14.7. The second-order valence-corrected chi connectivity index (χ2v) is 8.19. The van der Waals surface area contributed by atoms with Gasteiger partial charge >= 0.3 is 0 Å². The number of halogens is 1. The summed E-state index contributed by atoms with van der Waals surface area (Å²) in [4.78, 5) is 3.87. The average Bonchev–Trinajstić information content (AvgIpc) is 2.86. The molecule has 20 heavy (non-hydrogen) atoms. The summed E-state index contributed by atoms with van der Waals surface area (Å²) in [6.07, 6.45) is 2.49. The molecular weight excluding hydrogens is 336 g/mol. The maximum atomic E-state index is 6.42. The number of likely N-dealkylation sites (tertiary alicyclic amines) is 1. The molecule has 2 N–H and O–H groups in total. The lowest BCUT2D eigenvalue weighted by Crippen LogP contribution is -2.49. The van der Waals surface area contributed by atoms with Crippen molar-refractivity contribution in [1.29, 1.82) is 0 Å². The first-order valence-corrected chi connectivity index (χ1v) is 8.95. The summed E-state index contributed by atoms with van der Waals surface area (Å²) in [7, 11) is 1.82. The topological polar surface area (TPSA) is 38.5 Å². The van der Waals surface area contributed by atoms with E-state index in [1.807, 2.05) is 7.11 Å². The Labute approximate surface area is 134 Å². The van der Waals surface area contributed by atoms with Gasteiger partial charge in [0.15, 0.2) is 0 Å². The summed E-state index contributed by atoms with van der Waals surface area (Å²) in [5, 5.41) is 0. The number of nitrogens with zero attached hydrogens (tertiary/aromatic N) is 1. The van der Waals surface area contributed by atoms with Crippen LogP contribution in [-0.2, 0) is 4.74 Å². The van der Waals surface area contributed by atoms with Gasteiger partial charge < -0.3 is 10.5 Å². The zero-order valence-corrected chi connectivity index (χ0v) is 14.9. The van der Waals surface area contributed by atoms with Crippen LogP contribution in [0.4, 0.5) is 0 Å². The molecule has 3 nitrogen and oxygen atoms in total. The molecule has 1 aliphatic heterocycles. The van der Waals surface area contributed by atoms with Crippen LogP contribution in [0.1, 0.15) is 37.6 Å². The van der Waals surface area contributed by atoms with Crippen LogP contribution in [0.3, 0.4) is 0 Å². The highest BCUT2D eigenvalue weighted by Crippen LogP contribution is 2.35. The van der Waals surface area contributed by atoms with E-state index in [9.17, 15) is 0 Å². The molecule has 4 atom stereocenters. The number of ether oxygens (including phenoxy) is 1. The molecule has 1 aromatic rings. The number of hydrogen-bond acceptors (Lipinski definition) is 4. The Balaban J connectivity index is 2.19. The van der Waals surface area contributed by atoms with Crippen LogP contribution >= 0.6 is 27.3 Å². The van der Waals surface area contributed by atoms with E-state index in [1.54, 1.807) is 11.3 Å². The molecule has 0 saturated carbocycles. The van der Waals surface area contributed by atoms with E-state index in [4.69, 9.17) is 10.5 Å². The predicted molar refractivity (Wildman–Crippen MR) is 89.2 cm³/mol. The molecule has 0 bridgehead atoms. The predicted octanol–water partition coefficient (Wildman–Crippen LogP) is 3.65. The van der Waals surface area contributed by atoms with Crippen LogP contribution in [0.15, 0.2) is 15.9 Å². The Kier molecular flexibility index (Phi) is 6.05. The van der Waals surface area contributed by atoms with Gasteiger partial charge in [0.25, 0.3) is 0 Å².